The summed E-state index contributed by atoms with van der Waals surface area (Å²) in [6, 6.07) is 3.02. The van der Waals surface area contributed by atoms with Crippen LogP contribution in [-0.4, -0.2) is 89.8 Å². The quantitative estimate of drug-likeness (QED) is 0.184. The zero-order valence-corrected chi connectivity index (χ0v) is 34.4. The van der Waals surface area contributed by atoms with Gasteiger partial charge < -0.3 is 20.4 Å². The van der Waals surface area contributed by atoms with Gasteiger partial charge in [0.15, 0.2) is 0 Å². The Morgan fingerprint density at radius 2 is 1.31 bits per heavy atom. The van der Waals surface area contributed by atoms with Gasteiger partial charge in [-0.1, -0.05) is 19.1 Å². The van der Waals surface area contributed by atoms with Crippen molar-refractivity contribution >= 4 is 49.4 Å². The maximum atomic E-state index is 13.4. The minimum absolute atomic E-state index is 0.0826. The van der Waals surface area contributed by atoms with Gasteiger partial charge in [0.1, 0.15) is 0 Å². The highest BCUT2D eigenvalue weighted by Gasteiger charge is 2.40. The lowest BCUT2D eigenvalue weighted by atomic mass is 9.83. The summed E-state index contributed by atoms with van der Waals surface area (Å²) in [5.74, 6) is -0.331. The maximum absolute atomic E-state index is 13.4. The molecular weight excluding hydrogens is 741 g/mol. The fourth-order valence-electron chi connectivity index (χ4n) is 9.30. The normalized spacial score (nSPS) is 18.4. The first-order valence-corrected chi connectivity index (χ1v) is 23.4. The molecule has 15 heteroatoms. The largest absolute Gasteiger partial charge is 0.346 e. The van der Waals surface area contributed by atoms with Crippen molar-refractivity contribution in [2.75, 3.05) is 55.9 Å². The van der Waals surface area contributed by atoms with Crippen LogP contribution in [0.1, 0.15) is 109 Å². The van der Waals surface area contributed by atoms with Crippen LogP contribution in [0.25, 0.3) is 0 Å². The number of anilines is 2. The molecule has 2 aromatic rings. The third kappa shape index (κ3) is 9.65. The Labute approximate surface area is 326 Å². The minimum atomic E-state index is -3.98. The Balaban J connectivity index is 1.18. The van der Waals surface area contributed by atoms with Gasteiger partial charge in [0.05, 0.1) is 11.5 Å². The number of amides is 5. The molecule has 4 aliphatic carbocycles. The van der Waals surface area contributed by atoms with Crippen LogP contribution in [0.15, 0.2) is 12.1 Å². The molecule has 4 N–H and O–H groups in total. The molecule has 0 aliphatic heterocycles. The SMILES string of the molecule is CCCN(C)CCCS(=O)(=O)NC(=O)Nc1c2c(cc3c1CC(C1CCc4cc5c(c(NC(=O)NS(=O)(=O)CCCC(=O)N(C)CC)c41)CCC5)C3)CCC2. The van der Waals surface area contributed by atoms with Gasteiger partial charge in [-0.25, -0.2) is 35.9 Å². The Morgan fingerprint density at radius 3 is 1.95 bits per heavy atom. The summed E-state index contributed by atoms with van der Waals surface area (Å²) in [4.78, 5) is 42.5. The molecule has 0 spiro atoms. The Bertz CT molecular complexity index is 2030. The molecule has 0 saturated carbocycles. The van der Waals surface area contributed by atoms with Crippen LogP contribution < -0.4 is 20.1 Å². The standard InChI is InChI=1S/C40H58N6O7S2/c1-5-18-45(3)19-10-21-55(52,53)43-39(48)41-37-32-13-7-12-27(32)23-29-24-30(25-34(29)37)31-17-16-28-22-26-11-8-14-33(26)38(36(28)31)42-40(49)44-54(50,51)20-9-15-35(47)46(4)6-2/h22-23,30-31H,5-21,24-25H2,1-4H3,(H2,41,43,48)(H2,42,44,49). The van der Waals surface area contributed by atoms with E-state index in [0.29, 0.717) is 25.9 Å². The van der Waals surface area contributed by atoms with Crippen molar-refractivity contribution in [1.82, 2.24) is 19.2 Å². The summed E-state index contributed by atoms with van der Waals surface area (Å²) in [6.07, 6.45) is 10.2. The van der Waals surface area contributed by atoms with Crippen LogP contribution >= 0.6 is 0 Å². The number of aryl methyl sites for hydroxylation is 3. The minimum Gasteiger partial charge on any atom is -0.346 e. The van der Waals surface area contributed by atoms with Crippen molar-refractivity contribution in [1.29, 1.82) is 0 Å². The average Bonchev–Trinajstić information content (AvgIpc) is 3.93. The van der Waals surface area contributed by atoms with Crippen molar-refractivity contribution < 1.29 is 31.2 Å². The molecular formula is C40H58N6O7S2. The van der Waals surface area contributed by atoms with E-state index in [1.807, 2.05) is 14.0 Å². The van der Waals surface area contributed by atoms with Crippen molar-refractivity contribution in [3.8, 4) is 0 Å². The summed E-state index contributed by atoms with van der Waals surface area (Å²) in [6.45, 7) is 5.97. The fourth-order valence-corrected chi connectivity index (χ4v) is 11.2. The molecule has 2 unspecified atom stereocenters. The third-order valence-electron chi connectivity index (χ3n) is 12.0. The number of hydrogen-bond donors (Lipinski definition) is 4. The molecule has 5 amide bonds. The first-order valence-electron chi connectivity index (χ1n) is 20.1. The fraction of sp³-hybridized carbons (Fsp3) is 0.625. The summed E-state index contributed by atoms with van der Waals surface area (Å²) in [5.41, 5.74) is 10.5. The molecule has 55 heavy (non-hydrogen) atoms. The summed E-state index contributed by atoms with van der Waals surface area (Å²) in [5, 5.41) is 5.98. The molecule has 2 atom stereocenters. The lowest BCUT2D eigenvalue weighted by Gasteiger charge is -2.24. The number of rotatable bonds is 16. The van der Waals surface area contributed by atoms with Crippen molar-refractivity contribution in [2.24, 2.45) is 5.92 Å². The highest BCUT2D eigenvalue weighted by Crippen LogP contribution is 2.51. The number of nitrogens with one attached hydrogen (secondary N) is 4. The van der Waals surface area contributed by atoms with Crippen LogP contribution in [0.4, 0.5) is 21.0 Å². The Hall–Kier alpha value is -3.69. The number of nitrogens with zero attached hydrogens (tertiary/aromatic N) is 2. The molecule has 0 radical (unpaired) electrons. The molecule has 0 saturated heterocycles. The van der Waals surface area contributed by atoms with Gasteiger partial charge in [-0.05, 0) is 167 Å². The number of carbonyl (C=O) groups excluding carboxylic acids is 3. The van der Waals surface area contributed by atoms with E-state index in [0.717, 1.165) is 104 Å². The third-order valence-corrected chi connectivity index (χ3v) is 14.6. The summed E-state index contributed by atoms with van der Waals surface area (Å²) < 4.78 is 56.0. The number of carbonyl (C=O) groups is 3. The second-order valence-corrected chi connectivity index (χ2v) is 19.6. The van der Waals surface area contributed by atoms with E-state index in [-0.39, 0.29) is 42.1 Å². The van der Waals surface area contributed by atoms with Gasteiger partial charge in [-0.3, -0.25) is 4.79 Å². The Kier molecular flexibility index (Phi) is 12.8. The van der Waals surface area contributed by atoms with E-state index in [1.54, 1.807) is 7.05 Å². The van der Waals surface area contributed by atoms with Crippen LogP contribution in [-0.2, 0) is 69.8 Å². The molecule has 0 bridgehead atoms. The second-order valence-electron chi connectivity index (χ2n) is 15.9. The van der Waals surface area contributed by atoms with Gasteiger partial charge >= 0.3 is 12.1 Å². The van der Waals surface area contributed by atoms with E-state index in [2.05, 4.69) is 44.0 Å². The molecule has 0 aromatic heterocycles. The molecule has 13 nitrogen and oxygen atoms in total. The Morgan fingerprint density at radius 1 is 0.709 bits per heavy atom. The molecule has 0 fully saturated rings. The first-order chi connectivity index (χ1) is 26.2. The van der Waals surface area contributed by atoms with E-state index < -0.39 is 32.1 Å². The average molecular weight is 799 g/mol. The predicted octanol–water partition coefficient (Wildman–Crippen LogP) is 5.00. The molecule has 302 valence electrons. The monoisotopic (exact) mass is 798 g/mol. The lowest BCUT2D eigenvalue weighted by Crippen LogP contribution is -2.37. The lowest BCUT2D eigenvalue weighted by molar-refractivity contribution is -0.129. The van der Waals surface area contributed by atoms with Crippen molar-refractivity contribution in [3.05, 3.63) is 56.6 Å². The number of fused-ring (bicyclic) bond motifs is 4. The summed E-state index contributed by atoms with van der Waals surface area (Å²) in [7, 11) is -4.17. The van der Waals surface area contributed by atoms with Crippen molar-refractivity contribution in [3.63, 3.8) is 0 Å². The van der Waals surface area contributed by atoms with E-state index in [4.69, 9.17) is 0 Å². The maximum Gasteiger partial charge on any atom is 0.332 e. The van der Waals surface area contributed by atoms with Crippen LogP contribution in [0.5, 0.6) is 0 Å². The number of sulfonamides is 2. The van der Waals surface area contributed by atoms with E-state index in [9.17, 15) is 31.2 Å². The van der Waals surface area contributed by atoms with E-state index >= 15 is 0 Å². The van der Waals surface area contributed by atoms with Gasteiger partial charge in [0.2, 0.25) is 26.0 Å². The molecule has 6 rings (SSSR count). The second kappa shape index (κ2) is 17.2. The van der Waals surface area contributed by atoms with Crippen LogP contribution in [0, 0.1) is 5.92 Å². The molecule has 2 aromatic carbocycles. The van der Waals surface area contributed by atoms with Crippen LogP contribution in [0.2, 0.25) is 0 Å². The molecule has 0 heterocycles. The topological polar surface area (TPSA) is 174 Å². The van der Waals surface area contributed by atoms with Gasteiger partial charge in [-0.15, -0.1) is 0 Å². The van der Waals surface area contributed by atoms with Gasteiger partial charge in [0, 0.05) is 31.4 Å². The molecule has 4 aliphatic rings. The summed E-state index contributed by atoms with van der Waals surface area (Å²) >= 11 is 0. The number of benzene rings is 2. The highest BCUT2D eigenvalue weighted by atomic mass is 32.2. The number of urea groups is 2. The van der Waals surface area contributed by atoms with Gasteiger partial charge in [-0.2, -0.15) is 0 Å². The smallest absolute Gasteiger partial charge is 0.332 e. The zero-order valence-electron chi connectivity index (χ0n) is 32.8. The van der Waals surface area contributed by atoms with Crippen LogP contribution in [0.3, 0.4) is 0 Å². The van der Waals surface area contributed by atoms with Crippen molar-refractivity contribution in [2.45, 2.75) is 110 Å². The predicted molar refractivity (Wildman–Crippen MR) is 216 cm³/mol. The number of hydrogen-bond acceptors (Lipinski definition) is 8. The van der Waals surface area contributed by atoms with Gasteiger partial charge in [0.25, 0.3) is 0 Å². The highest BCUT2D eigenvalue weighted by molar-refractivity contribution is 7.90. The first kappa shape index (κ1) is 41.0. The zero-order chi connectivity index (χ0) is 39.5. The van der Waals surface area contributed by atoms with E-state index in [1.165, 1.54) is 27.2 Å².